The van der Waals surface area contributed by atoms with Gasteiger partial charge in [0, 0.05) is 31.1 Å². The Hall–Kier alpha value is -3.33. The van der Waals surface area contributed by atoms with E-state index in [0.717, 1.165) is 32.4 Å². The van der Waals surface area contributed by atoms with Gasteiger partial charge in [0.1, 0.15) is 23.6 Å². The molecule has 1 atom stereocenters. The topological polar surface area (TPSA) is 104 Å². The third-order valence-electron chi connectivity index (χ3n) is 5.96. The van der Waals surface area contributed by atoms with Gasteiger partial charge in [0.05, 0.1) is 23.9 Å². The highest BCUT2D eigenvalue weighted by Crippen LogP contribution is 2.25. The number of amides is 1. The van der Waals surface area contributed by atoms with Gasteiger partial charge in [-0.25, -0.2) is 9.37 Å². The zero-order valence-corrected chi connectivity index (χ0v) is 18.6. The van der Waals surface area contributed by atoms with E-state index < -0.39 is 0 Å². The molecule has 1 amide bonds. The zero-order chi connectivity index (χ0) is 23.2. The molecule has 1 aliphatic heterocycles. The number of hydrogen-bond acceptors (Lipinski definition) is 6. The van der Waals surface area contributed by atoms with E-state index in [0.29, 0.717) is 35.6 Å². The molecule has 1 unspecified atom stereocenters. The molecule has 0 radical (unpaired) electrons. The number of nitrogens with zero attached hydrogens (tertiary/aromatic N) is 3. The first-order chi connectivity index (χ1) is 16.0. The summed E-state index contributed by atoms with van der Waals surface area (Å²) < 4.78 is 18.9. The van der Waals surface area contributed by atoms with Gasteiger partial charge in [-0.15, -0.1) is 0 Å². The molecule has 9 heteroatoms. The van der Waals surface area contributed by atoms with Crippen LogP contribution in [0.3, 0.4) is 0 Å². The lowest BCUT2D eigenvalue weighted by Gasteiger charge is -2.35. The fourth-order valence-electron chi connectivity index (χ4n) is 4.06. The van der Waals surface area contributed by atoms with Crippen LogP contribution in [0.1, 0.15) is 54.5 Å². The minimum Gasteiger partial charge on any atom is -0.364 e. The van der Waals surface area contributed by atoms with Crippen molar-refractivity contribution >= 4 is 11.7 Å². The molecule has 2 aromatic heterocycles. The average Bonchev–Trinajstić information content (AvgIpc) is 3.48. The van der Waals surface area contributed by atoms with Gasteiger partial charge in [0.25, 0.3) is 0 Å². The first-order valence-corrected chi connectivity index (χ1v) is 11.2. The van der Waals surface area contributed by atoms with E-state index in [-0.39, 0.29) is 29.5 Å². The number of rotatable bonds is 11. The van der Waals surface area contributed by atoms with Crippen LogP contribution in [-0.2, 0) is 4.79 Å². The predicted molar refractivity (Wildman–Crippen MR) is 120 cm³/mol. The van der Waals surface area contributed by atoms with Crippen molar-refractivity contribution in [2.24, 2.45) is 5.92 Å². The molecule has 0 aliphatic carbocycles. The van der Waals surface area contributed by atoms with E-state index in [1.165, 1.54) is 12.3 Å². The van der Waals surface area contributed by atoms with Crippen molar-refractivity contribution < 1.29 is 18.5 Å². The molecule has 3 aromatic rings. The maximum atomic E-state index is 14.2. The second-order valence-electron chi connectivity index (χ2n) is 8.55. The molecule has 174 valence electrons. The first-order valence-electron chi connectivity index (χ1n) is 11.2. The molecule has 1 aliphatic rings. The normalized spacial score (nSPS) is 15.2. The molecule has 2 N–H and O–H groups in total. The molecule has 0 saturated carbocycles. The van der Waals surface area contributed by atoms with Crippen LogP contribution in [0.4, 0.5) is 4.39 Å². The number of aromatic nitrogens is 3. The minimum atomic E-state index is -0.331. The molecule has 33 heavy (non-hydrogen) atoms. The predicted octanol–water partition coefficient (Wildman–Crippen LogP) is 3.76. The molecule has 0 bridgehead atoms. The zero-order valence-electron chi connectivity index (χ0n) is 18.6. The highest BCUT2D eigenvalue weighted by Gasteiger charge is 2.31. The maximum absolute atomic E-state index is 14.2. The lowest BCUT2D eigenvalue weighted by molar-refractivity contribution is -0.130. The van der Waals surface area contributed by atoms with Crippen LogP contribution in [0.15, 0.2) is 47.3 Å². The summed E-state index contributed by atoms with van der Waals surface area (Å²) in [6.07, 6.45) is 6.39. The van der Waals surface area contributed by atoms with Gasteiger partial charge in [-0.05, 0) is 32.0 Å². The Morgan fingerprint density at radius 2 is 2.06 bits per heavy atom. The van der Waals surface area contributed by atoms with Gasteiger partial charge in [-0.3, -0.25) is 9.59 Å². The van der Waals surface area contributed by atoms with Crippen molar-refractivity contribution in [2.75, 3.05) is 20.1 Å². The molecule has 8 nitrogen and oxygen atoms in total. The number of aromatic amines is 1. The van der Waals surface area contributed by atoms with Gasteiger partial charge < -0.3 is 19.7 Å². The summed E-state index contributed by atoms with van der Waals surface area (Å²) in [6, 6.07) is 7.76. The Balaban J connectivity index is 1.36. The fourth-order valence-corrected chi connectivity index (χ4v) is 4.06. The summed E-state index contributed by atoms with van der Waals surface area (Å²) >= 11 is 0. The van der Waals surface area contributed by atoms with Crippen molar-refractivity contribution in [3.63, 3.8) is 0 Å². The number of unbranched alkanes of at least 4 members (excludes halogenated alkanes) is 2. The van der Waals surface area contributed by atoms with Crippen LogP contribution in [-0.4, -0.2) is 51.9 Å². The van der Waals surface area contributed by atoms with E-state index in [4.69, 9.17) is 4.52 Å². The van der Waals surface area contributed by atoms with Gasteiger partial charge in [0.15, 0.2) is 5.78 Å². The average molecular weight is 454 g/mol. The number of halogens is 1. The number of likely N-dealkylation sites (tertiary alicyclic amines) is 1. The van der Waals surface area contributed by atoms with Crippen LogP contribution >= 0.6 is 0 Å². The van der Waals surface area contributed by atoms with Gasteiger partial charge in [0.2, 0.25) is 5.91 Å². The van der Waals surface area contributed by atoms with Crippen LogP contribution in [0.25, 0.3) is 11.3 Å². The Morgan fingerprint density at radius 1 is 1.24 bits per heavy atom. The van der Waals surface area contributed by atoms with Crippen molar-refractivity contribution in [1.29, 1.82) is 0 Å². The molecule has 3 heterocycles. The Morgan fingerprint density at radius 3 is 2.79 bits per heavy atom. The second-order valence-corrected chi connectivity index (χ2v) is 8.55. The number of benzene rings is 1. The summed E-state index contributed by atoms with van der Waals surface area (Å²) in [5, 5.41) is 6.78. The number of imidazole rings is 1. The lowest BCUT2D eigenvalue weighted by Crippen LogP contribution is -2.52. The molecule has 4 rings (SSSR count). The monoisotopic (exact) mass is 453 g/mol. The van der Waals surface area contributed by atoms with Gasteiger partial charge in [-0.2, -0.15) is 0 Å². The highest BCUT2D eigenvalue weighted by atomic mass is 19.1. The van der Waals surface area contributed by atoms with Gasteiger partial charge >= 0.3 is 0 Å². The number of nitrogens with one attached hydrogen (secondary N) is 2. The Kier molecular flexibility index (Phi) is 7.29. The molecule has 1 fully saturated rings. The van der Waals surface area contributed by atoms with E-state index >= 15 is 0 Å². The van der Waals surface area contributed by atoms with Crippen LogP contribution < -0.4 is 5.32 Å². The van der Waals surface area contributed by atoms with Crippen molar-refractivity contribution in [3.8, 4) is 11.3 Å². The molecule has 0 spiro atoms. The summed E-state index contributed by atoms with van der Waals surface area (Å²) in [5.41, 5.74) is 1.36. The Bertz CT molecular complexity index is 1080. The summed E-state index contributed by atoms with van der Waals surface area (Å²) in [4.78, 5) is 34.5. The largest absolute Gasteiger partial charge is 0.364 e. The van der Waals surface area contributed by atoms with Crippen molar-refractivity contribution in [2.45, 2.75) is 38.1 Å². The number of hydrogen-bond donors (Lipinski definition) is 2. The SMILES string of the molecule is CN1CC(C(=O)NC(CCCCCC(=O)c2ccon2)c2ncc(-c3ccccc3F)[nH]2)C1. The Labute approximate surface area is 191 Å². The van der Waals surface area contributed by atoms with Crippen molar-refractivity contribution in [1.82, 2.24) is 25.3 Å². The number of H-pyrrole nitrogens is 1. The standard InChI is InChI=1S/C24H28FN5O3/c1-30-14-16(15-30)24(32)28-20(9-3-2-4-10-22(31)19-11-12-33-29-19)23-26-13-21(27-23)17-7-5-6-8-18(17)25/h5-8,11-13,16,20H,2-4,9-10,14-15H2,1H3,(H,26,27)(H,28,32). The van der Waals surface area contributed by atoms with Crippen molar-refractivity contribution in [3.05, 3.63) is 60.1 Å². The third-order valence-corrected chi connectivity index (χ3v) is 5.96. The third kappa shape index (κ3) is 5.73. The highest BCUT2D eigenvalue weighted by molar-refractivity contribution is 5.93. The smallest absolute Gasteiger partial charge is 0.226 e. The van der Waals surface area contributed by atoms with Crippen LogP contribution in [0.2, 0.25) is 0 Å². The number of ketones is 1. The van der Waals surface area contributed by atoms with Gasteiger partial charge in [-0.1, -0.05) is 30.1 Å². The lowest BCUT2D eigenvalue weighted by atomic mass is 9.98. The van der Waals surface area contributed by atoms with E-state index in [2.05, 4.69) is 25.3 Å². The number of Topliss-reactive ketones (excluding diaryl/α,β-unsaturated/α-hetero) is 1. The minimum absolute atomic E-state index is 0.00292. The maximum Gasteiger partial charge on any atom is 0.226 e. The number of carbonyl (C=O) groups excluding carboxylic acids is 2. The van der Waals surface area contributed by atoms with E-state index in [1.54, 1.807) is 30.5 Å². The quantitative estimate of drug-likeness (QED) is 0.338. The summed E-state index contributed by atoms with van der Waals surface area (Å²) in [6.45, 7) is 1.47. The molecule has 1 saturated heterocycles. The van der Waals surface area contributed by atoms with Crippen LogP contribution in [0, 0.1) is 11.7 Å². The molecular formula is C24H28FN5O3. The van der Waals surface area contributed by atoms with E-state index in [9.17, 15) is 14.0 Å². The second kappa shape index (κ2) is 10.5. The first kappa shape index (κ1) is 22.8. The summed E-state index contributed by atoms with van der Waals surface area (Å²) in [5.74, 6) is 0.209. The molecular weight excluding hydrogens is 425 g/mol. The van der Waals surface area contributed by atoms with E-state index in [1.807, 2.05) is 7.05 Å². The van der Waals surface area contributed by atoms with Crippen LogP contribution in [0.5, 0.6) is 0 Å². The molecule has 1 aromatic carbocycles. The fraction of sp³-hybridized carbons (Fsp3) is 0.417. The summed E-state index contributed by atoms with van der Waals surface area (Å²) in [7, 11) is 1.98. The number of carbonyl (C=O) groups is 2.